The summed E-state index contributed by atoms with van der Waals surface area (Å²) in [6.07, 6.45) is 2.67. The van der Waals surface area contributed by atoms with Crippen LogP contribution in [0.25, 0.3) is 0 Å². The van der Waals surface area contributed by atoms with Crippen LogP contribution in [0.1, 0.15) is 38.0 Å². The van der Waals surface area contributed by atoms with Gasteiger partial charge in [0, 0.05) is 17.8 Å². The summed E-state index contributed by atoms with van der Waals surface area (Å²) < 4.78 is 0. The molecule has 0 aliphatic carbocycles. The van der Waals surface area contributed by atoms with Crippen LogP contribution in [-0.2, 0) is 11.2 Å². The third-order valence-corrected chi connectivity index (χ3v) is 3.62. The van der Waals surface area contributed by atoms with Crippen molar-refractivity contribution in [3.8, 4) is 0 Å². The van der Waals surface area contributed by atoms with Gasteiger partial charge in [-0.25, -0.2) is 0 Å². The molecule has 0 aromatic carbocycles. The first-order valence-corrected chi connectivity index (χ1v) is 7.43. The molecule has 2 N–H and O–H groups in total. The van der Waals surface area contributed by atoms with Crippen LogP contribution in [0.3, 0.4) is 0 Å². The molecule has 0 fully saturated rings. The highest BCUT2D eigenvalue weighted by Gasteiger charge is 2.08. The van der Waals surface area contributed by atoms with E-state index in [2.05, 4.69) is 30.6 Å². The summed E-state index contributed by atoms with van der Waals surface area (Å²) in [6, 6.07) is 4.12. The van der Waals surface area contributed by atoms with Crippen LogP contribution in [0, 0.1) is 5.92 Å². The molecular weight excluding hydrogens is 246 g/mol. The minimum atomic E-state index is -0.425. The van der Waals surface area contributed by atoms with Gasteiger partial charge in [0.2, 0.25) is 5.91 Å². The summed E-state index contributed by atoms with van der Waals surface area (Å²) in [4.78, 5) is 12.9. The maximum atomic E-state index is 11.5. The minimum absolute atomic E-state index is 0.0364. The number of aryl methyl sites for hydroxylation is 1. The SMILES string of the molecule is CC(C)CC(O)CNC(=O)CCCc1cccs1. The highest BCUT2D eigenvalue weighted by molar-refractivity contribution is 7.09. The first-order valence-electron chi connectivity index (χ1n) is 6.55. The van der Waals surface area contributed by atoms with Crippen molar-refractivity contribution in [1.29, 1.82) is 0 Å². The van der Waals surface area contributed by atoms with Gasteiger partial charge in [0.25, 0.3) is 0 Å². The van der Waals surface area contributed by atoms with E-state index in [0.29, 0.717) is 18.9 Å². The molecule has 4 heteroatoms. The number of carbonyl (C=O) groups excluding carboxylic acids is 1. The Kier molecular flexibility index (Phi) is 6.98. The lowest BCUT2D eigenvalue weighted by Gasteiger charge is -2.13. The highest BCUT2D eigenvalue weighted by Crippen LogP contribution is 2.11. The van der Waals surface area contributed by atoms with Gasteiger partial charge in [0.15, 0.2) is 0 Å². The lowest BCUT2D eigenvalue weighted by atomic mass is 10.1. The quantitative estimate of drug-likeness (QED) is 0.762. The number of rotatable bonds is 8. The number of hydrogen-bond acceptors (Lipinski definition) is 3. The van der Waals surface area contributed by atoms with E-state index in [-0.39, 0.29) is 5.91 Å². The van der Waals surface area contributed by atoms with Gasteiger partial charge in [-0.3, -0.25) is 4.79 Å². The molecule has 1 unspecified atom stereocenters. The van der Waals surface area contributed by atoms with Crippen LogP contribution in [0.15, 0.2) is 17.5 Å². The Balaban J connectivity index is 2.07. The number of nitrogens with one attached hydrogen (secondary N) is 1. The van der Waals surface area contributed by atoms with Crippen LogP contribution < -0.4 is 5.32 Å². The van der Waals surface area contributed by atoms with Gasteiger partial charge in [-0.05, 0) is 36.6 Å². The molecule has 1 heterocycles. The van der Waals surface area contributed by atoms with E-state index in [1.807, 2.05) is 6.07 Å². The molecule has 102 valence electrons. The molecule has 0 bridgehead atoms. The Morgan fingerprint density at radius 1 is 1.50 bits per heavy atom. The van der Waals surface area contributed by atoms with Crippen molar-refractivity contribution in [2.24, 2.45) is 5.92 Å². The molecular formula is C14H23NO2S. The number of hydrogen-bond donors (Lipinski definition) is 2. The molecule has 0 aliphatic heterocycles. The van der Waals surface area contributed by atoms with Crippen molar-refractivity contribution < 1.29 is 9.90 Å². The fourth-order valence-electron chi connectivity index (χ4n) is 1.83. The van der Waals surface area contributed by atoms with E-state index in [1.165, 1.54) is 4.88 Å². The van der Waals surface area contributed by atoms with Crippen molar-refractivity contribution in [1.82, 2.24) is 5.32 Å². The number of amides is 1. The van der Waals surface area contributed by atoms with Crippen LogP contribution in [-0.4, -0.2) is 23.7 Å². The van der Waals surface area contributed by atoms with E-state index in [9.17, 15) is 9.90 Å². The standard InChI is InChI=1S/C14H23NO2S/c1-11(2)9-12(16)10-15-14(17)7-3-5-13-6-4-8-18-13/h4,6,8,11-12,16H,3,5,7,9-10H2,1-2H3,(H,15,17). The summed E-state index contributed by atoms with van der Waals surface area (Å²) >= 11 is 1.73. The summed E-state index contributed by atoms with van der Waals surface area (Å²) in [5.74, 6) is 0.491. The lowest BCUT2D eigenvalue weighted by Crippen LogP contribution is -2.32. The molecule has 0 saturated heterocycles. The normalized spacial score (nSPS) is 12.7. The fourth-order valence-corrected chi connectivity index (χ4v) is 2.58. The molecule has 1 atom stereocenters. The van der Waals surface area contributed by atoms with Crippen LogP contribution in [0.4, 0.5) is 0 Å². The average molecular weight is 269 g/mol. The van der Waals surface area contributed by atoms with Gasteiger partial charge in [-0.15, -0.1) is 11.3 Å². The molecule has 0 saturated carbocycles. The van der Waals surface area contributed by atoms with Crippen molar-refractivity contribution in [3.63, 3.8) is 0 Å². The molecule has 1 amide bonds. The predicted octanol–water partition coefficient (Wildman–Crippen LogP) is 2.59. The number of aliphatic hydroxyl groups excluding tert-OH is 1. The first-order chi connectivity index (χ1) is 8.58. The molecule has 1 rings (SSSR count). The van der Waals surface area contributed by atoms with E-state index >= 15 is 0 Å². The van der Waals surface area contributed by atoms with Crippen molar-refractivity contribution in [2.45, 2.75) is 45.6 Å². The van der Waals surface area contributed by atoms with Gasteiger partial charge >= 0.3 is 0 Å². The van der Waals surface area contributed by atoms with Gasteiger partial charge < -0.3 is 10.4 Å². The van der Waals surface area contributed by atoms with E-state index in [1.54, 1.807) is 11.3 Å². The Bertz CT molecular complexity index is 336. The number of carbonyl (C=O) groups is 1. The molecule has 1 aromatic rings. The van der Waals surface area contributed by atoms with Gasteiger partial charge in [-0.1, -0.05) is 19.9 Å². The van der Waals surface area contributed by atoms with E-state index < -0.39 is 6.10 Å². The van der Waals surface area contributed by atoms with E-state index in [0.717, 1.165) is 19.3 Å². The molecule has 0 radical (unpaired) electrons. The van der Waals surface area contributed by atoms with Crippen LogP contribution in [0.2, 0.25) is 0 Å². The molecule has 18 heavy (non-hydrogen) atoms. The topological polar surface area (TPSA) is 49.3 Å². The molecule has 3 nitrogen and oxygen atoms in total. The van der Waals surface area contributed by atoms with Crippen molar-refractivity contribution >= 4 is 17.2 Å². The predicted molar refractivity (Wildman–Crippen MR) is 75.7 cm³/mol. The second kappa shape index (κ2) is 8.27. The smallest absolute Gasteiger partial charge is 0.220 e. The zero-order valence-corrected chi connectivity index (χ0v) is 12.0. The summed E-state index contributed by atoms with van der Waals surface area (Å²) in [6.45, 7) is 4.49. The zero-order valence-electron chi connectivity index (χ0n) is 11.2. The van der Waals surface area contributed by atoms with Gasteiger partial charge in [0.05, 0.1) is 6.10 Å². The highest BCUT2D eigenvalue weighted by atomic mass is 32.1. The summed E-state index contributed by atoms with van der Waals surface area (Å²) in [5.41, 5.74) is 0. The summed E-state index contributed by atoms with van der Waals surface area (Å²) in [5, 5.41) is 14.5. The Morgan fingerprint density at radius 2 is 2.28 bits per heavy atom. The monoisotopic (exact) mass is 269 g/mol. The van der Waals surface area contributed by atoms with Gasteiger partial charge in [-0.2, -0.15) is 0 Å². The Morgan fingerprint density at radius 3 is 2.89 bits per heavy atom. The minimum Gasteiger partial charge on any atom is -0.391 e. The second-order valence-corrected chi connectivity index (χ2v) is 6.05. The van der Waals surface area contributed by atoms with E-state index in [4.69, 9.17) is 0 Å². The fraction of sp³-hybridized carbons (Fsp3) is 0.643. The van der Waals surface area contributed by atoms with Crippen LogP contribution in [0.5, 0.6) is 0 Å². The van der Waals surface area contributed by atoms with Crippen molar-refractivity contribution in [3.05, 3.63) is 22.4 Å². The second-order valence-electron chi connectivity index (χ2n) is 5.02. The lowest BCUT2D eigenvalue weighted by molar-refractivity contribution is -0.121. The maximum absolute atomic E-state index is 11.5. The zero-order chi connectivity index (χ0) is 13.4. The summed E-state index contributed by atoms with van der Waals surface area (Å²) in [7, 11) is 0. The average Bonchev–Trinajstić information content (AvgIpc) is 2.78. The maximum Gasteiger partial charge on any atom is 0.220 e. The van der Waals surface area contributed by atoms with Crippen LogP contribution >= 0.6 is 11.3 Å². The van der Waals surface area contributed by atoms with Gasteiger partial charge in [0.1, 0.15) is 0 Å². The van der Waals surface area contributed by atoms with Crippen molar-refractivity contribution in [2.75, 3.05) is 6.54 Å². The Hall–Kier alpha value is -0.870. The number of thiophene rings is 1. The Labute approximate surface area is 113 Å². The molecule has 0 spiro atoms. The largest absolute Gasteiger partial charge is 0.391 e. The first kappa shape index (κ1) is 15.2. The third kappa shape index (κ3) is 6.77. The number of aliphatic hydroxyl groups is 1. The molecule has 1 aromatic heterocycles. The third-order valence-electron chi connectivity index (χ3n) is 2.69. The molecule has 0 aliphatic rings.